The van der Waals surface area contributed by atoms with Gasteiger partial charge in [-0.15, -0.1) is 0 Å². The molecule has 5 nitrogen and oxygen atoms in total. The third-order valence-corrected chi connectivity index (χ3v) is 2.84. The van der Waals surface area contributed by atoms with Crippen molar-refractivity contribution in [3.05, 3.63) is 41.8 Å². The predicted octanol–water partition coefficient (Wildman–Crippen LogP) is 3.15. The number of benzene rings is 1. The SMILES string of the molecule is CCCOc1ccc(OCc2cc(CNCC)no2)cc1. The van der Waals surface area contributed by atoms with Gasteiger partial charge in [0.1, 0.15) is 18.1 Å². The Kier molecular flexibility index (Phi) is 6.09. The van der Waals surface area contributed by atoms with Crippen LogP contribution in [0, 0.1) is 0 Å². The molecule has 2 rings (SSSR count). The van der Waals surface area contributed by atoms with E-state index in [1.807, 2.05) is 30.3 Å². The molecule has 0 spiro atoms. The van der Waals surface area contributed by atoms with Gasteiger partial charge in [0.25, 0.3) is 0 Å². The average molecular weight is 290 g/mol. The van der Waals surface area contributed by atoms with Gasteiger partial charge in [-0.05, 0) is 37.2 Å². The molecule has 0 saturated heterocycles. The largest absolute Gasteiger partial charge is 0.494 e. The van der Waals surface area contributed by atoms with Crippen LogP contribution in [0.1, 0.15) is 31.7 Å². The molecule has 21 heavy (non-hydrogen) atoms. The van der Waals surface area contributed by atoms with E-state index in [0.717, 1.165) is 36.8 Å². The predicted molar refractivity (Wildman–Crippen MR) is 80.4 cm³/mol. The second-order valence-electron chi connectivity index (χ2n) is 4.67. The first-order chi connectivity index (χ1) is 10.3. The van der Waals surface area contributed by atoms with Crippen molar-refractivity contribution >= 4 is 0 Å². The molecule has 0 bridgehead atoms. The molecule has 0 saturated carbocycles. The summed E-state index contributed by atoms with van der Waals surface area (Å²) in [4.78, 5) is 0. The van der Waals surface area contributed by atoms with Gasteiger partial charge in [0.05, 0.1) is 12.3 Å². The third-order valence-electron chi connectivity index (χ3n) is 2.84. The number of nitrogens with zero attached hydrogens (tertiary/aromatic N) is 1. The van der Waals surface area contributed by atoms with E-state index in [4.69, 9.17) is 14.0 Å². The quantitative estimate of drug-likeness (QED) is 0.769. The molecule has 2 aromatic rings. The van der Waals surface area contributed by atoms with Gasteiger partial charge in [-0.2, -0.15) is 0 Å². The third kappa shape index (κ3) is 5.11. The minimum atomic E-state index is 0.369. The Bertz CT molecular complexity index is 523. The maximum atomic E-state index is 5.66. The van der Waals surface area contributed by atoms with Crippen LogP contribution < -0.4 is 14.8 Å². The van der Waals surface area contributed by atoms with E-state index in [1.165, 1.54) is 0 Å². The summed E-state index contributed by atoms with van der Waals surface area (Å²) in [6, 6.07) is 9.49. The summed E-state index contributed by atoms with van der Waals surface area (Å²) in [6.07, 6.45) is 0.999. The van der Waals surface area contributed by atoms with Crippen molar-refractivity contribution in [3.8, 4) is 11.5 Å². The van der Waals surface area contributed by atoms with Gasteiger partial charge in [-0.25, -0.2) is 0 Å². The van der Waals surface area contributed by atoms with Crippen molar-refractivity contribution in [2.45, 2.75) is 33.4 Å². The zero-order valence-corrected chi connectivity index (χ0v) is 12.6. The Labute approximate surface area is 125 Å². The first kappa shape index (κ1) is 15.4. The molecule has 0 fully saturated rings. The highest BCUT2D eigenvalue weighted by molar-refractivity contribution is 5.31. The average Bonchev–Trinajstić information content (AvgIpc) is 2.98. The van der Waals surface area contributed by atoms with Crippen LogP contribution >= 0.6 is 0 Å². The highest BCUT2D eigenvalue weighted by Gasteiger charge is 2.05. The van der Waals surface area contributed by atoms with Gasteiger partial charge in [-0.3, -0.25) is 0 Å². The maximum absolute atomic E-state index is 5.66. The van der Waals surface area contributed by atoms with Crippen molar-refractivity contribution in [2.75, 3.05) is 13.2 Å². The fraction of sp³-hybridized carbons (Fsp3) is 0.438. The van der Waals surface area contributed by atoms with Crippen LogP contribution in [0.25, 0.3) is 0 Å². The van der Waals surface area contributed by atoms with Crippen LogP contribution in [-0.2, 0) is 13.2 Å². The van der Waals surface area contributed by atoms with Crippen molar-refractivity contribution in [1.82, 2.24) is 10.5 Å². The van der Waals surface area contributed by atoms with E-state index < -0.39 is 0 Å². The van der Waals surface area contributed by atoms with Crippen LogP contribution in [0.3, 0.4) is 0 Å². The molecule has 5 heteroatoms. The van der Waals surface area contributed by atoms with Crippen LogP contribution in [0.15, 0.2) is 34.9 Å². The highest BCUT2D eigenvalue weighted by Crippen LogP contribution is 2.19. The summed E-state index contributed by atoms with van der Waals surface area (Å²) in [5.74, 6) is 2.36. The summed E-state index contributed by atoms with van der Waals surface area (Å²) >= 11 is 0. The first-order valence-electron chi connectivity index (χ1n) is 7.32. The molecule has 1 heterocycles. The number of aromatic nitrogens is 1. The molecule has 0 unspecified atom stereocenters. The van der Waals surface area contributed by atoms with E-state index in [1.54, 1.807) is 0 Å². The number of hydrogen-bond donors (Lipinski definition) is 1. The van der Waals surface area contributed by atoms with E-state index in [-0.39, 0.29) is 0 Å². The van der Waals surface area contributed by atoms with Crippen molar-refractivity contribution in [1.29, 1.82) is 0 Å². The fourth-order valence-electron chi connectivity index (χ4n) is 1.77. The van der Waals surface area contributed by atoms with Crippen LogP contribution in [0.2, 0.25) is 0 Å². The molecular formula is C16H22N2O3. The van der Waals surface area contributed by atoms with E-state index >= 15 is 0 Å². The van der Waals surface area contributed by atoms with Gasteiger partial charge in [0.2, 0.25) is 0 Å². The molecule has 0 amide bonds. The van der Waals surface area contributed by atoms with E-state index in [0.29, 0.717) is 18.9 Å². The Morgan fingerprint density at radius 1 is 1.10 bits per heavy atom. The first-order valence-corrected chi connectivity index (χ1v) is 7.32. The zero-order chi connectivity index (χ0) is 14.9. The molecule has 114 valence electrons. The van der Waals surface area contributed by atoms with Gasteiger partial charge < -0.3 is 19.3 Å². The van der Waals surface area contributed by atoms with Crippen LogP contribution in [-0.4, -0.2) is 18.3 Å². The Hall–Kier alpha value is -2.01. The van der Waals surface area contributed by atoms with Crippen molar-refractivity contribution < 1.29 is 14.0 Å². The minimum Gasteiger partial charge on any atom is -0.494 e. The number of ether oxygens (including phenoxy) is 2. The van der Waals surface area contributed by atoms with Crippen molar-refractivity contribution in [3.63, 3.8) is 0 Å². The van der Waals surface area contributed by atoms with E-state index in [2.05, 4.69) is 24.3 Å². The molecule has 0 aliphatic rings. The lowest BCUT2D eigenvalue weighted by Gasteiger charge is -2.06. The lowest BCUT2D eigenvalue weighted by Crippen LogP contribution is -2.11. The van der Waals surface area contributed by atoms with Gasteiger partial charge in [0, 0.05) is 12.6 Å². The Balaban J connectivity index is 1.80. The summed E-state index contributed by atoms with van der Waals surface area (Å²) in [7, 11) is 0. The summed E-state index contributed by atoms with van der Waals surface area (Å²) < 4.78 is 16.4. The molecule has 0 aliphatic heterocycles. The van der Waals surface area contributed by atoms with Crippen LogP contribution in [0.5, 0.6) is 11.5 Å². The van der Waals surface area contributed by atoms with Gasteiger partial charge in [-0.1, -0.05) is 19.0 Å². The van der Waals surface area contributed by atoms with Gasteiger partial charge in [0.15, 0.2) is 5.76 Å². The zero-order valence-electron chi connectivity index (χ0n) is 12.6. The standard InChI is InChI=1S/C16H22N2O3/c1-3-9-19-14-5-7-15(8-6-14)20-12-16-10-13(18-21-16)11-17-4-2/h5-8,10,17H,3-4,9,11-12H2,1-2H3. The van der Waals surface area contributed by atoms with Crippen LogP contribution in [0.4, 0.5) is 0 Å². The topological polar surface area (TPSA) is 56.5 Å². The molecule has 0 aliphatic carbocycles. The number of nitrogens with one attached hydrogen (secondary N) is 1. The summed E-state index contributed by atoms with van der Waals surface area (Å²) in [6.45, 7) is 6.85. The molecule has 1 N–H and O–H groups in total. The van der Waals surface area contributed by atoms with Gasteiger partial charge >= 0.3 is 0 Å². The maximum Gasteiger partial charge on any atom is 0.174 e. The molecular weight excluding hydrogens is 268 g/mol. The second-order valence-corrected chi connectivity index (χ2v) is 4.67. The van der Waals surface area contributed by atoms with E-state index in [9.17, 15) is 0 Å². The fourth-order valence-corrected chi connectivity index (χ4v) is 1.77. The lowest BCUT2D eigenvalue weighted by atomic mass is 10.3. The summed E-state index contributed by atoms with van der Waals surface area (Å²) in [5.41, 5.74) is 0.888. The monoisotopic (exact) mass is 290 g/mol. The number of rotatable bonds is 9. The second kappa shape index (κ2) is 8.32. The minimum absolute atomic E-state index is 0.369. The molecule has 1 aromatic heterocycles. The van der Waals surface area contributed by atoms with Crippen molar-refractivity contribution in [2.24, 2.45) is 0 Å². The Morgan fingerprint density at radius 2 is 1.81 bits per heavy atom. The normalized spacial score (nSPS) is 10.6. The summed E-state index contributed by atoms with van der Waals surface area (Å²) in [5, 5.41) is 7.17. The molecule has 1 aromatic carbocycles. The smallest absolute Gasteiger partial charge is 0.174 e. The molecule has 0 radical (unpaired) electrons. The Morgan fingerprint density at radius 3 is 2.48 bits per heavy atom. The highest BCUT2D eigenvalue weighted by atomic mass is 16.5. The number of hydrogen-bond acceptors (Lipinski definition) is 5. The lowest BCUT2D eigenvalue weighted by molar-refractivity contribution is 0.248. The molecule has 0 atom stereocenters.